The molecular formula is C13H22N2O4. The zero-order chi connectivity index (χ0) is 14.0. The lowest BCUT2D eigenvalue weighted by molar-refractivity contribution is -0.142. The smallest absolute Gasteiger partial charge is 0.325 e. The Morgan fingerprint density at radius 3 is 2.42 bits per heavy atom. The monoisotopic (exact) mass is 270 g/mol. The fourth-order valence-corrected chi connectivity index (χ4v) is 2.83. The van der Waals surface area contributed by atoms with E-state index in [0.717, 1.165) is 25.7 Å². The summed E-state index contributed by atoms with van der Waals surface area (Å²) in [6, 6.07) is -0.335. The third-order valence-electron chi connectivity index (χ3n) is 4.23. The third-order valence-corrected chi connectivity index (χ3v) is 4.23. The predicted molar refractivity (Wildman–Crippen MR) is 68.4 cm³/mol. The summed E-state index contributed by atoms with van der Waals surface area (Å²) in [4.78, 5) is 25.7. The summed E-state index contributed by atoms with van der Waals surface area (Å²) in [6.07, 6.45) is 2.81. The zero-order valence-corrected chi connectivity index (χ0v) is 11.8. The van der Waals surface area contributed by atoms with Crippen LogP contribution in [0.15, 0.2) is 0 Å². The van der Waals surface area contributed by atoms with E-state index in [0.29, 0.717) is 5.92 Å². The van der Waals surface area contributed by atoms with Crippen LogP contribution >= 0.6 is 0 Å². The van der Waals surface area contributed by atoms with Gasteiger partial charge in [0, 0.05) is 14.2 Å². The van der Waals surface area contributed by atoms with Crippen molar-refractivity contribution in [2.45, 2.75) is 44.4 Å². The number of imide groups is 1. The maximum atomic E-state index is 12.5. The predicted octanol–water partition coefficient (Wildman–Crippen LogP) is 1.11. The van der Waals surface area contributed by atoms with Gasteiger partial charge >= 0.3 is 6.03 Å². The van der Waals surface area contributed by atoms with Crippen molar-refractivity contribution < 1.29 is 19.1 Å². The van der Waals surface area contributed by atoms with Gasteiger partial charge in [0.2, 0.25) is 0 Å². The van der Waals surface area contributed by atoms with Crippen molar-refractivity contribution in [3.63, 3.8) is 0 Å². The molecule has 1 spiro atoms. The molecule has 6 nitrogen and oxygen atoms in total. The minimum absolute atomic E-state index is 0.134. The van der Waals surface area contributed by atoms with E-state index in [1.165, 1.54) is 19.1 Å². The molecule has 2 aliphatic rings. The Morgan fingerprint density at radius 2 is 1.89 bits per heavy atom. The number of amides is 3. The maximum Gasteiger partial charge on any atom is 0.325 e. The molecular weight excluding hydrogens is 248 g/mol. The summed E-state index contributed by atoms with van der Waals surface area (Å²) < 4.78 is 10.1. The molecule has 2 fully saturated rings. The van der Waals surface area contributed by atoms with Crippen molar-refractivity contribution in [1.29, 1.82) is 0 Å². The second-order valence-electron chi connectivity index (χ2n) is 5.51. The van der Waals surface area contributed by atoms with E-state index >= 15 is 0 Å². The van der Waals surface area contributed by atoms with Crippen LogP contribution in [0.3, 0.4) is 0 Å². The lowest BCUT2D eigenvalue weighted by Gasteiger charge is -2.33. The average molecular weight is 270 g/mol. The van der Waals surface area contributed by atoms with Gasteiger partial charge in [-0.05, 0) is 31.6 Å². The molecule has 1 N–H and O–H groups in total. The topological polar surface area (TPSA) is 67.9 Å². The average Bonchev–Trinajstić information content (AvgIpc) is 2.63. The maximum absolute atomic E-state index is 12.5. The Balaban J connectivity index is 2.08. The number of hydrogen-bond acceptors (Lipinski definition) is 4. The van der Waals surface area contributed by atoms with Crippen molar-refractivity contribution in [3.05, 3.63) is 0 Å². The molecule has 0 aromatic rings. The summed E-state index contributed by atoms with van der Waals surface area (Å²) >= 11 is 0. The van der Waals surface area contributed by atoms with Gasteiger partial charge in [0.25, 0.3) is 5.91 Å². The number of nitrogens with one attached hydrogen (secondary N) is 1. The second-order valence-corrected chi connectivity index (χ2v) is 5.51. The van der Waals surface area contributed by atoms with Crippen LogP contribution in [0.25, 0.3) is 0 Å². The number of methoxy groups -OCH3 is 2. The number of carbonyl (C=O) groups excluding carboxylic acids is 2. The van der Waals surface area contributed by atoms with Crippen molar-refractivity contribution in [3.8, 4) is 0 Å². The molecule has 1 heterocycles. The molecule has 0 unspecified atom stereocenters. The molecule has 0 aromatic heterocycles. The quantitative estimate of drug-likeness (QED) is 0.613. The van der Waals surface area contributed by atoms with Crippen LogP contribution in [0.5, 0.6) is 0 Å². The largest absolute Gasteiger partial charge is 0.354 e. The van der Waals surface area contributed by atoms with Gasteiger partial charge in [-0.2, -0.15) is 0 Å². The van der Waals surface area contributed by atoms with Crippen molar-refractivity contribution in [2.24, 2.45) is 5.92 Å². The summed E-state index contributed by atoms with van der Waals surface area (Å²) in [6.45, 7) is 2.31. The first-order valence-electron chi connectivity index (χ1n) is 6.72. The summed E-state index contributed by atoms with van der Waals surface area (Å²) in [5.41, 5.74) is -0.685. The van der Waals surface area contributed by atoms with Gasteiger partial charge in [-0.1, -0.05) is 6.92 Å². The van der Waals surface area contributed by atoms with E-state index in [2.05, 4.69) is 12.2 Å². The minimum atomic E-state index is -0.685. The van der Waals surface area contributed by atoms with Gasteiger partial charge in [-0.25, -0.2) is 4.79 Å². The Labute approximate surface area is 113 Å². The molecule has 1 aliphatic carbocycles. The molecule has 1 aliphatic heterocycles. The number of ether oxygens (including phenoxy) is 2. The lowest BCUT2D eigenvalue weighted by atomic mass is 9.77. The van der Waals surface area contributed by atoms with Crippen LogP contribution < -0.4 is 5.32 Å². The number of carbonyl (C=O) groups is 2. The van der Waals surface area contributed by atoms with Crippen LogP contribution in [-0.2, 0) is 14.3 Å². The van der Waals surface area contributed by atoms with Crippen LogP contribution in [0.1, 0.15) is 32.6 Å². The molecule has 0 aromatic carbocycles. The molecule has 1 saturated carbocycles. The van der Waals surface area contributed by atoms with Gasteiger partial charge in [0.05, 0.1) is 6.54 Å². The molecule has 0 radical (unpaired) electrons. The SMILES string of the molecule is COC(CN1C(=O)NC2(CCC(C)CC2)C1=O)OC. The van der Waals surface area contributed by atoms with Gasteiger partial charge in [-0.3, -0.25) is 9.69 Å². The molecule has 3 amide bonds. The number of rotatable bonds is 4. The first-order chi connectivity index (χ1) is 9.02. The standard InChI is InChI=1S/C13H22N2O4/c1-9-4-6-13(7-5-9)11(16)15(12(17)14-13)8-10(18-2)19-3/h9-10H,4-8H2,1-3H3,(H,14,17). The minimum Gasteiger partial charge on any atom is -0.354 e. The highest BCUT2D eigenvalue weighted by Crippen LogP contribution is 2.36. The second kappa shape index (κ2) is 5.46. The first kappa shape index (κ1) is 14.3. The molecule has 19 heavy (non-hydrogen) atoms. The van der Waals surface area contributed by atoms with Gasteiger partial charge in [-0.15, -0.1) is 0 Å². The lowest BCUT2D eigenvalue weighted by Crippen LogP contribution is -2.49. The summed E-state index contributed by atoms with van der Waals surface area (Å²) in [7, 11) is 2.98. The van der Waals surface area contributed by atoms with Crippen LogP contribution in [0.4, 0.5) is 4.79 Å². The molecule has 0 atom stereocenters. The Kier molecular flexibility index (Phi) is 4.10. The Hall–Kier alpha value is -1.14. The summed E-state index contributed by atoms with van der Waals surface area (Å²) in [5.74, 6) is 0.485. The normalized spacial score (nSPS) is 31.4. The summed E-state index contributed by atoms with van der Waals surface area (Å²) in [5, 5.41) is 2.87. The number of hydrogen-bond donors (Lipinski definition) is 1. The van der Waals surface area contributed by atoms with Gasteiger partial charge < -0.3 is 14.8 Å². The van der Waals surface area contributed by atoms with Crippen LogP contribution in [-0.4, -0.2) is 49.4 Å². The molecule has 108 valence electrons. The van der Waals surface area contributed by atoms with Gasteiger partial charge in [0.15, 0.2) is 6.29 Å². The van der Waals surface area contributed by atoms with Crippen LogP contribution in [0.2, 0.25) is 0 Å². The fraction of sp³-hybridized carbons (Fsp3) is 0.846. The Bertz CT molecular complexity index is 360. The van der Waals surface area contributed by atoms with Crippen LogP contribution in [0, 0.1) is 5.92 Å². The molecule has 6 heteroatoms. The number of urea groups is 1. The van der Waals surface area contributed by atoms with E-state index in [4.69, 9.17) is 9.47 Å². The van der Waals surface area contributed by atoms with E-state index in [-0.39, 0.29) is 18.5 Å². The van der Waals surface area contributed by atoms with Crippen molar-refractivity contribution in [1.82, 2.24) is 10.2 Å². The van der Waals surface area contributed by atoms with Gasteiger partial charge in [0.1, 0.15) is 5.54 Å². The van der Waals surface area contributed by atoms with E-state index < -0.39 is 11.8 Å². The third kappa shape index (κ3) is 2.60. The molecule has 2 rings (SSSR count). The highest BCUT2D eigenvalue weighted by molar-refractivity contribution is 6.07. The molecule has 1 saturated heterocycles. The van der Waals surface area contributed by atoms with E-state index in [1.54, 1.807) is 0 Å². The first-order valence-corrected chi connectivity index (χ1v) is 6.72. The Morgan fingerprint density at radius 1 is 1.32 bits per heavy atom. The van der Waals surface area contributed by atoms with Crippen molar-refractivity contribution >= 4 is 11.9 Å². The highest BCUT2D eigenvalue weighted by Gasteiger charge is 2.52. The van der Waals surface area contributed by atoms with E-state index in [9.17, 15) is 9.59 Å². The zero-order valence-electron chi connectivity index (χ0n) is 11.8. The number of nitrogens with zero attached hydrogens (tertiary/aromatic N) is 1. The molecule has 0 bridgehead atoms. The fourth-order valence-electron chi connectivity index (χ4n) is 2.83. The van der Waals surface area contributed by atoms with E-state index in [1.807, 2.05) is 0 Å². The highest BCUT2D eigenvalue weighted by atomic mass is 16.7. The van der Waals surface area contributed by atoms with Crippen molar-refractivity contribution in [2.75, 3.05) is 20.8 Å².